The van der Waals surface area contributed by atoms with Crippen molar-refractivity contribution in [3.63, 3.8) is 0 Å². The Morgan fingerprint density at radius 2 is 1.59 bits per heavy atom. The number of hydrogen-bond donors (Lipinski definition) is 0. The van der Waals surface area contributed by atoms with E-state index in [1.807, 2.05) is 6.07 Å². The maximum Gasteiger partial charge on any atom is 0.131 e. The van der Waals surface area contributed by atoms with Crippen LogP contribution in [0.3, 0.4) is 0 Å². The van der Waals surface area contributed by atoms with Gasteiger partial charge in [-0.1, -0.05) is 32.0 Å². The first kappa shape index (κ1) is 19.2. The van der Waals surface area contributed by atoms with Gasteiger partial charge in [-0.05, 0) is 109 Å². The molecular weight excluding hydrogens is 359 g/mol. The maximum atomic E-state index is 15.0. The molecule has 2 aromatic carbocycles. The molecule has 0 atom stereocenters. The summed E-state index contributed by atoms with van der Waals surface area (Å²) in [4.78, 5) is 0. The van der Waals surface area contributed by atoms with Crippen molar-refractivity contribution >= 4 is 0 Å². The van der Waals surface area contributed by atoms with Crippen LogP contribution in [0, 0.1) is 29.5 Å². The van der Waals surface area contributed by atoms with Crippen LogP contribution in [0.5, 0.6) is 5.75 Å². The van der Waals surface area contributed by atoms with E-state index in [1.54, 1.807) is 19.2 Å². The van der Waals surface area contributed by atoms with E-state index in [0.717, 1.165) is 35.5 Å². The molecule has 0 aromatic heterocycles. The molecule has 154 valence electrons. The van der Waals surface area contributed by atoms with Crippen LogP contribution in [0.15, 0.2) is 36.4 Å². The molecule has 0 heterocycles. The normalized spacial score (nSPS) is 30.2. The SMILES string of the molecule is COc1ccc(F)c(-c2ccc(CC(C)C)cc2C23CC4CC(CC(C4)C2)C3)c1. The fourth-order valence-corrected chi connectivity index (χ4v) is 7.14. The van der Waals surface area contributed by atoms with Crippen molar-refractivity contribution < 1.29 is 9.13 Å². The molecule has 0 radical (unpaired) electrons. The van der Waals surface area contributed by atoms with Crippen LogP contribution in [-0.2, 0) is 11.8 Å². The van der Waals surface area contributed by atoms with E-state index < -0.39 is 0 Å². The smallest absolute Gasteiger partial charge is 0.131 e. The van der Waals surface area contributed by atoms with Gasteiger partial charge in [0, 0.05) is 5.56 Å². The number of methoxy groups -OCH3 is 1. The molecule has 0 N–H and O–H groups in total. The third kappa shape index (κ3) is 3.39. The molecule has 1 nitrogen and oxygen atoms in total. The van der Waals surface area contributed by atoms with Gasteiger partial charge in [-0.2, -0.15) is 0 Å². The summed E-state index contributed by atoms with van der Waals surface area (Å²) in [6.45, 7) is 4.56. The average molecular weight is 393 g/mol. The molecule has 0 saturated heterocycles. The van der Waals surface area contributed by atoms with Crippen LogP contribution in [0.2, 0.25) is 0 Å². The van der Waals surface area contributed by atoms with Gasteiger partial charge in [-0.25, -0.2) is 4.39 Å². The summed E-state index contributed by atoms with van der Waals surface area (Å²) in [5.74, 6) is 3.82. The van der Waals surface area contributed by atoms with Gasteiger partial charge >= 0.3 is 0 Å². The van der Waals surface area contributed by atoms with E-state index in [-0.39, 0.29) is 11.2 Å². The summed E-state index contributed by atoms with van der Waals surface area (Å²) in [6.07, 6.45) is 9.24. The Labute approximate surface area is 174 Å². The van der Waals surface area contributed by atoms with Gasteiger partial charge in [0.25, 0.3) is 0 Å². The molecule has 0 aliphatic heterocycles. The van der Waals surface area contributed by atoms with Gasteiger partial charge in [0.2, 0.25) is 0 Å². The second-order valence-corrected chi connectivity index (χ2v) is 10.5. The number of rotatable bonds is 5. The van der Waals surface area contributed by atoms with Gasteiger partial charge in [0.05, 0.1) is 7.11 Å². The lowest BCUT2D eigenvalue weighted by atomic mass is 9.47. The molecule has 29 heavy (non-hydrogen) atoms. The van der Waals surface area contributed by atoms with Crippen LogP contribution in [0.25, 0.3) is 11.1 Å². The van der Waals surface area contributed by atoms with Crippen LogP contribution in [-0.4, -0.2) is 7.11 Å². The van der Waals surface area contributed by atoms with Crippen LogP contribution < -0.4 is 4.74 Å². The predicted octanol–water partition coefficient (Wildman–Crippen LogP) is 7.17. The highest BCUT2D eigenvalue weighted by atomic mass is 19.1. The molecule has 0 spiro atoms. The van der Waals surface area contributed by atoms with E-state index in [1.165, 1.54) is 49.7 Å². The van der Waals surface area contributed by atoms with E-state index in [2.05, 4.69) is 32.0 Å². The lowest BCUT2D eigenvalue weighted by molar-refractivity contribution is -0.00496. The summed E-state index contributed by atoms with van der Waals surface area (Å²) >= 11 is 0. The lowest BCUT2D eigenvalue weighted by Gasteiger charge is -2.57. The van der Waals surface area contributed by atoms with Gasteiger partial charge in [-0.15, -0.1) is 0 Å². The standard InChI is InChI=1S/C27H33FO/c1-17(2)8-18-4-6-23(24-13-22(29-3)5-7-26(24)28)25(12-18)27-14-19-9-20(15-27)11-21(10-19)16-27/h4-7,12-13,17,19-21H,8-11,14-16H2,1-3H3. The summed E-state index contributed by atoms with van der Waals surface area (Å²) in [7, 11) is 1.66. The van der Waals surface area contributed by atoms with E-state index in [4.69, 9.17) is 4.74 Å². The minimum Gasteiger partial charge on any atom is -0.497 e. The molecule has 0 amide bonds. The van der Waals surface area contributed by atoms with Gasteiger partial charge in [0.15, 0.2) is 0 Å². The Morgan fingerprint density at radius 3 is 2.17 bits per heavy atom. The van der Waals surface area contributed by atoms with Crippen molar-refractivity contribution in [2.75, 3.05) is 7.11 Å². The Balaban J connectivity index is 1.66. The largest absolute Gasteiger partial charge is 0.497 e. The quantitative estimate of drug-likeness (QED) is 0.524. The molecule has 2 aromatic rings. The van der Waals surface area contributed by atoms with Crippen molar-refractivity contribution in [1.82, 2.24) is 0 Å². The van der Waals surface area contributed by atoms with Crippen LogP contribution >= 0.6 is 0 Å². The van der Waals surface area contributed by atoms with Gasteiger partial charge in [0.1, 0.15) is 11.6 Å². The van der Waals surface area contributed by atoms with Crippen molar-refractivity contribution in [3.05, 3.63) is 53.3 Å². The molecule has 4 saturated carbocycles. The molecule has 4 bridgehead atoms. The van der Waals surface area contributed by atoms with Crippen molar-refractivity contribution in [3.8, 4) is 16.9 Å². The van der Waals surface area contributed by atoms with Gasteiger partial charge in [-0.3, -0.25) is 0 Å². The molecule has 4 aliphatic rings. The number of ether oxygens (including phenoxy) is 1. The minimum atomic E-state index is -0.145. The first-order valence-corrected chi connectivity index (χ1v) is 11.4. The van der Waals surface area contributed by atoms with E-state index in [9.17, 15) is 4.39 Å². The Bertz CT molecular complexity index is 877. The highest BCUT2D eigenvalue weighted by molar-refractivity contribution is 5.71. The predicted molar refractivity (Wildman–Crippen MR) is 117 cm³/mol. The van der Waals surface area contributed by atoms with Crippen molar-refractivity contribution in [2.24, 2.45) is 23.7 Å². The number of halogens is 1. The first-order valence-electron chi connectivity index (χ1n) is 11.4. The summed E-state index contributed by atoms with van der Waals surface area (Å²) in [5, 5.41) is 0. The average Bonchev–Trinajstić information content (AvgIpc) is 2.67. The summed E-state index contributed by atoms with van der Waals surface area (Å²) in [5.41, 5.74) is 4.86. The third-order valence-corrected chi connectivity index (χ3v) is 7.80. The zero-order valence-electron chi connectivity index (χ0n) is 18.0. The molecule has 6 rings (SSSR count). The zero-order chi connectivity index (χ0) is 20.2. The Kier molecular flexibility index (Phi) is 4.72. The van der Waals surface area contributed by atoms with Gasteiger partial charge < -0.3 is 4.74 Å². The van der Waals surface area contributed by atoms with Crippen LogP contribution in [0.4, 0.5) is 4.39 Å². The molecule has 2 heteroatoms. The highest BCUT2D eigenvalue weighted by Gasteiger charge is 2.52. The molecule has 4 aliphatic carbocycles. The fraction of sp³-hybridized carbons (Fsp3) is 0.556. The Morgan fingerprint density at radius 1 is 0.931 bits per heavy atom. The number of hydrogen-bond acceptors (Lipinski definition) is 1. The molecule has 0 unspecified atom stereocenters. The first-order chi connectivity index (χ1) is 14.0. The second kappa shape index (κ2) is 7.15. The molecule has 4 fully saturated rings. The highest BCUT2D eigenvalue weighted by Crippen LogP contribution is 2.62. The number of benzene rings is 2. The molecular formula is C27H33FO. The zero-order valence-corrected chi connectivity index (χ0v) is 18.0. The van der Waals surface area contributed by atoms with Crippen molar-refractivity contribution in [2.45, 2.75) is 64.2 Å². The monoisotopic (exact) mass is 392 g/mol. The second-order valence-electron chi connectivity index (χ2n) is 10.5. The van der Waals surface area contributed by atoms with Crippen LogP contribution in [0.1, 0.15) is 63.5 Å². The fourth-order valence-electron chi connectivity index (χ4n) is 7.14. The minimum absolute atomic E-state index is 0.145. The van der Waals surface area contributed by atoms with E-state index >= 15 is 0 Å². The van der Waals surface area contributed by atoms with Crippen molar-refractivity contribution in [1.29, 1.82) is 0 Å². The third-order valence-electron chi connectivity index (χ3n) is 7.80. The van der Waals surface area contributed by atoms with E-state index in [0.29, 0.717) is 11.5 Å². The lowest BCUT2D eigenvalue weighted by Crippen LogP contribution is -2.48. The maximum absolute atomic E-state index is 15.0. The Hall–Kier alpha value is -1.83. The summed E-state index contributed by atoms with van der Waals surface area (Å²) in [6, 6.07) is 12.0. The summed E-state index contributed by atoms with van der Waals surface area (Å²) < 4.78 is 20.4. The topological polar surface area (TPSA) is 9.23 Å².